The van der Waals surface area contributed by atoms with Crippen molar-refractivity contribution < 1.29 is 14.2 Å². The Balaban J connectivity index is 0.00000289. The van der Waals surface area contributed by atoms with Crippen LogP contribution in [0.5, 0.6) is 17.2 Å². The van der Waals surface area contributed by atoms with Crippen molar-refractivity contribution in [3.05, 3.63) is 17.7 Å². The summed E-state index contributed by atoms with van der Waals surface area (Å²) in [5.41, 5.74) is 6.84. The monoisotopic (exact) mass is 275 g/mol. The Morgan fingerprint density at radius 2 is 1.72 bits per heavy atom. The minimum Gasteiger partial charge on any atom is -0.496 e. The molecule has 0 amide bonds. The molecule has 0 aromatic heterocycles. The normalized spacial score (nSPS) is 11.4. The van der Waals surface area contributed by atoms with E-state index >= 15 is 0 Å². The van der Waals surface area contributed by atoms with Gasteiger partial charge in [-0.15, -0.1) is 12.4 Å². The average Bonchev–Trinajstić information content (AvgIpc) is 2.30. The SMILES string of the molecule is CCOc1cc(OC)c(CC(C)N)cc1OC.Cl. The highest BCUT2D eigenvalue weighted by atomic mass is 35.5. The molecule has 104 valence electrons. The van der Waals surface area contributed by atoms with Crippen molar-refractivity contribution in [3.8, 4) is 17.2 Å². The number of rotatable bonds is 6. The highest BCUT2D eigenvalue weighted by molar-refractivity contribution is 5.85. The van der Waals surface area contributed by atoms with Gasteiger partial charge in [0, 0.05) is 12.1 Å². The molecule has 0 radical (unpaired) electrons. The third-order valence-corrected chi connectivity index (χ3v) is 2.41. The minimum atomic E-state index is 0. The number of hydrogen-bond acceptors (Lipinski definition) is 4. The Hall–Kier alpha value is -1.13. The standard InChI is InChI=1S/C13H21NO3.ClH/c1-5-17-13-8-11(15-3)10(6-9(2)14)7-12(13)16-4;/h7-9H,5-6,14H2,1-4H3;1H. The lowest BCUT2D eigenvalue weighted by molar-refractivity contribution is 0.307. The van der Waals surface area contributed by atoms with E-state index in [9.17, 15) is 0 Å². The molecule has 1 unspecified atom stereocenters. The molecule has 0 heterocycles. The molecule has 1 aromatic rings. The molecule has 0 aliphatic rings. The lowest BCUT2D eigenvalue weighted by Crippen LogP contribution is -2.18. The van der Waals surface area contributed by atoms with Crippen LogP contribution in [0.3, 0.4) is 0 Å². The lowest BCUT2D eigenvalue weighted by Gasteiger charge is -2.16. The van der Waals surface area contributed by atoms with Crippen LogP contribution in [-0.2, 0) is 6.42 Å². The van der Waals surface area contributed by atoms with Crippen molar-refractivity contribution in [1.29, 1.82) is 0 Å². The van der Waals surface area contributed by atoms with Gasteiger partial charge < -0.3 is 19.9 Å². The zero-order valence-corrected chi connectivity index (χ0v) is 12.2. The zero-order chi connectivity index (χ0) is 12.8. The number of halogens is 1. The quantitative estimate of drug-likeness (QED) is 0.866. The summed E-state index contributed by atoms with van der Waals surface area (Å²) in [5.74, 6) is 2.19. The van der Waals surface area contributed by atoms with E-state index in [1.54, 1.807) is 14.2 Å². The van der Waals surface area contributed by atoms with Crippen LogP contribution in [0.2, 0.25) is 0 Å². The van der Waals surface area contributed by atoms with Gasteiger partial charge in [-0.1, -0.05) is 0 Å². The van der Waals surface area contributed by atoms with Crippen molar-refractivity contribution >= 4 is 12.4 Å². The molecule has 1 rings (SSSR count). The molecular weight excluding hydrogens is 254 g/mol. The smallest absolute Gasteiger partial charge is 0.164 e. The van der Waals surface area contributed by atoms with Crippen LogP contribution in [0.4, 0.5) is 0 Å². The predicted octanol–water partition coefficient (Wildman–Crippen LogP) is 2.41. The Bertz CT molecular complexity index is 369. The van der Waals surface area contributed by atoms with E-state index in [0.717, 1.165) is 17.7 Å². The van der Waals surface area contributed by atoms with Crippen molar-refractivity contribution in [2.24, 2.45) is 5.73 Å². The summed E-state index contributed by atoms with van der Waals surface area (Å²) >= 11 is 0. The fourth-order valence-electron chi connectivity index (χ4n) is 1.71. The second kappa shape index (κ2) is 8.06. The van der Waals surface area contributed by atoms with E-state index in [0.29, 0.717) is 18.1 Å². The number of methoxy groups -OCH3 is 2. The van der Waals surface area contributed by atoms with Crippen molar-refractivity contribution in [3.63, 3.8) is 0 Å². The second-order valence-corrected chi connectivity index (χ2v) is 3.93. The molecule has 0 bridgehead atoms. The Morgan fingerprint density at radius 3 is 2.17 bits per heavy atom. The minimum absolute atomic E-state index is 0. The first kappa shape index (κ1) is 16.9. The highest BCUT2D eigenvalue weighted by Gasteiger charge is 2.13. The Kier molecular flexibility index (Phi) is 7.55. The molecule has 0 saturated heterocycles. The third kappa shape index (κ3) is 4.27. The predicted molar refractivity (Wildman–Crippen MR) is 75.3 cm³/mol. The summed E-state index contributed by atoms with van der Waals surface area (Å²) in [5, 5.41) is 0. The fraction of sp³-hybridized carbons (Fsp3) is 0.538. The molecule has 18 heavy (non-hydrogen) atoms. The summed E-state index contributed by atoms with van der Waals surface area (Å²) in [4.78, 5) is 0. The Morgan fingerprint density at radius 1 is 1.11 bits per heavy atom. The number of benzene rings is 1. The van der Waals surface area contributed by atoms with E-state index in [2.05, 4.69) is 0 Å². The average molecular weight is 276 g/mol. The van der Waals surface area contributed by atoms with E-state index < -0.39 is 0 Å². The van der Waals surface area contributed by atoms with Crippen molar-refractivity contribution in [2.75, 3.05) is 20.8 Å². The van der Waals surface area contributed by atoms with E-state index in [4.69, 9.17) is 19.9 Å². The topological polar surface area (TPSA) is 53.7 Å². The number of nitrogens with two attached hydrogens (primary N) is 1. The van der Waals surface area contributed by atoms with Crippen LogP contribution in [0, 0.1) is 0 Å². The first-order valence-corrected chi connectivity index (χ1v) is 5.75. The van der Waals surface area contributed by atoms with Gasteiger partial charge in [0.05, 0.1) is 20.8 Å². The van der Waals surface area contributed by atoms with Crippen molar-refractivity contribution in [2.45, 2.75) is 26.3 Å². The maximum atomic E-state index is 5.81. The highest BCUT2D eigenvalue weighted by Crippen LogP contribution is 2.35. The molecule has 5 heteroatoms. The van der Waals surface area contributed by atoms with Gasteiger partial charge in [-0.05, 0) is 31.9 Å². The molecule has 0 aliphatic heterocycles. The Labute approximate surface area is 115 Å². The number of ether oxygens (including phenoxy) is 3. The van der Waals surface area contributed by atoms with Crippen LogP contribution in [0.15, 0.2) is 12.1 Å². The van der Waals surface area contributed by atoms with Gasteiger partial charge in [0.2, 0.25) is 0 Å². The first-order valence-electron chi connectivity index (χ1n) is 5.75. The van der Waals surface area contributed by atoms with Gasteiger partial charge >= 0.3 is 0 Å². The summed E-state index contributed by atoms with van der Waals surface area (Å²) in [7, 11) is 3.27. The van der Waals surface area contributed by atoms with Crippen molar-refractivity contribution in [1.82, 2.24) is 0 Å². The van der Waals surface area contributed by atoms with Gasteiger partial charge in [0.15, 0.2) is 11.5 Å². The van der Waals surface area contributed by atoms with Crippen LogP contribution >= 0.6 is 12.4 Å². The van der Waals surface area contributed by atoms with Gasteiger partial charge in [-0.2, -0.15) is 0 Å². The lowest BCUT2D eigenvalue weighted by atomic mass is 10.1. The van der Waals surface area contributed by atoms with Crippen LogP contribution < -0.4 is 19.9 Å². The van der Waals surface area contributed by atoms with E-state index in [1.807, 2.05) is 26.0 Å². The summed E-state index contributed by atoms with van der Waals surface area (Å²) in [6.07, 6.45) is 0.742. The molecule has 0 aliphatic carbocycles. The molecule has 0 saturated carbocycles. The van der Waals surface area contributed by atoms with E-state index in [1.165, 1.54) is 0 Å². The van der Waals surface area contributed by atoms with Crippen LogP contribution in [0.1, 0.15) is 19.4 Å². The summed E-state index contributed by atoms with van der Waals surface area (Å²) in [6.45, 7) is 4.48. The van der Waals surface area contributed by atoms with Gasteiger partial charge in [0.1, 0.15) is 5.75 Å². The maximum Gasteiger partial charge on any atom is 0.164 e. The first-order chi connectivity index (χ1) is 8.12. The molecular formula is C13H22ClNO3. The molecule has 2 N–H and O–H groups in total. The fourth-order valence-corrected chi connectivity index (χ4v) is 1.71. The summed E-state index contributed by atoms with van der Waals surface area (Å²) < 4.78 is 16.1. The van der Waals surface area contributed by atoms with E-state index in [-0.39, 0.29) is 18.4 Å². The summed E-state index contributed by atoms with van der Waals surface area (Å²) in [6, 6.07) is 3.85. The second-order valence-electron chi connectivity index (χ2n) is 3.93. The molecule has 0 fully saturated rings. The zero-order valence-electron chi connectivity index (χ0n) is 11.4. The van der Waals surface area contributed by atoms with Crippen LogP contribution in [0.25, 0.3) is 0 Å². The largest absolute Gasteiger partial charge is 0.496 e. The molecule has 0 spiro atoms. The van der Waals surface area contributed by atoms with Gasteiger partial charge in [-0.3, -0.25) is 0 Å². The molecule has 4 nitrogen and oxygen atoms in total. The third-order valence-electron chi connectivity index (χ3n) is 2.41. The van der Waals surface area contributed by atoms with Crippen LogP contribution in [-0.4, -0.2) is 26.9 Å². The van der Waals surface area contributed by atoms with Gasteiger partial charge in [0.25, 0.3) is 0 Å². The maximum absolute atomic E-state index is 5.81. The van der Waals surface area contributed by atoms with Gasteiger partial charge in [-0.25, -0.2) is 0 Å². The number of hydrogen-bond donors (Lipinski definition) is 1. The molecule has 1 aromatic carbocycles. The molecule has 1 atom stereocenters.